The molecule has 0 bridgehead atoms. The topological polar surface area (TPSA) is 92.5 Å². The van der Waals surface area contributed by atoms with Gasteiger partial charge in [-0.1, -0.05) is 30.3 Å². The van der Waals surface area contributed by atoms with Gasteiger partial charge in [0.1, 0.15) is 6.04 Å². The molecule has 1 aromatic rings. The van der Waals surface area contributed by atoms with Gasteiger partial charge in [0, 0.05) is 7.05 Å². The second-order valence-corrected chi connectivity index (χ2v) is 5.19. The van der Waals surface area contributed by atoms with E-state index in [2.05, 4.69) is 5.32 Å². The monoisotopic (exact) mass is 289 g/mol. The molecule has 112 valence electrons. The molecule has 1 saturated heterocycles. The van der Waals surface area contributed by atoms with Gasteiger partial charge in [0.25, 0.3) is 5.91 Å². The fourth-order valence-corrected chi connectivity index (χ4v) is 2.24. The molecule has 1 aliphatic heterocycles. The van der Waals surface area contributed by atoms with Crippen molar-refractivity contribution in [2.24, 2.45) is 5.73 Å². The van der Waals surface area contributed by atoms with Gasteiger partial charge in [-0.3, -0.25) is 19.3 Å². The maximum Gasteiger partial charge on any atom is 0.252 e. The van der Waals surface area contributed by atoms with Gasteiger partial charge in [-0.05, 0) is 18.4 Å². The smallest absolute Gasteiger partial charge is 0.252 e. The summed E-state index contributed by atoms with van der Waals surface area (Å²) in [7, 11) is 1.41. The molecular formula is C15H19N3O3. The highest BCUT2D eigenvalue weighted by atomic mass is 16.2. The Hall–Kier alpha value is -2.21. The van der Waals surface area contributed by atoms with Crippen LogP contribution < -0.4 is 11.1 Å². The molecule has 0 spiro atoms. The molecule has 3 N–H and O–H groups in total. The number of imide groups is 1. The predicted octanol–water partition coefficient (Wildman–Crippen LogP) is -0.180. The standard InChI is InChI=1S/C15H19N3O3/c1-18-13(19)9-12(15(18)21)17-14(20)11(16)8-7-10-5-3-2-4-6-10/h2-6,11-12H,7-9,16H2,1H3,(H,17,20). The minimum Gasteiger partial charge on any atom is -0.342 e. The second-order valence-electron chi connectivity index (χ2n) is 5.19. The molecule has 3 amide bonds. The van der Waals surface area contributed by atoms with Gasteiger partial charge < -0.3 is 11.1 Å². The van der Waals surface area contributed by atoms with Crippen LogP contribution in [-0.4, -0.2) is 41.8 Å². The van der Waals surface area contributed by atoms with Crippen LogP contribution >= 0.6 is 0 Å². The lowest BCUT2D eigenvalue weighted by Crippen LogP contribution is -2.48. The van der Waals surface area contributed by atoms with Crippen LogP contribution in [0.15, 0.2) is 30.3 Å². The minimum absolute atomic E-state index is 0.00643. The molecule has 21 heavy (non-hydrogen) atoms. The molecule has 0 saturated carbocycles. The number of nitrogens with one attached hydrogen (secondary N) is 1. The van der Waals surface area contributed by atoms with Gasteiger partial charge in [-0.25, -0.2) is 0 Å². The summed E-state index contributed by atoms with van der Waals surface area (Å²) in [6.45, 7) is 0. The number of hydrogen-bond donors (Lipinski definition) is 2. The Bertz CT molecular complexity index is 544. The fraction of sp³-hybridized carbons (Fsp3) is 0.400. The van der Waals surface area contributed by atoms with Crippen LogP contribution in [0.5, 0.6) is 0 Å². The van der Waals surface area contributed by atoms with Crippen LogP contribution in [0.3, 0.4) is 0 Å². The number of rotatable bonds is 5. The molecule has 6 heteroatoms. The molecule has 2 unspecified atom stereocenters. The van der Waals surface area contributed by atoms with Crippen LogP contribution in [0.25, 0.3) is 0 Å². The van der Waals surface area contributed by atoms with E-state index in [1.807, 2.05) is 30.3 Å². The Morgan fingerprint density at radius 1 is 1.38 bits per heavy atom. The zero-order chi connectivity index (χ0) is 15.4. The lowest BCUT2D eigenvalue weighted by Gasteiger charge is -2.15. The maximum atomic E-state index is 12.0. The first-order valence-corrected chi connectivity index (χ1v) is 6.89. The summed E-state index contributed by atoms with van der Waals surface area (Å²) in [6, 6.07) is 8.25. The van der Waals surface area contributed by atoms with Crippen molar-refractivity contribution in [2.75, 3.05) is 7.05 Å². The van der Waals surface area contributed by atoms with Crippen LogP contribution in [0.4, 0.5) is 0 Å². The number of carbonyl (C=O) groups excluding carboxylic acids is 3. The third-order valence-corrected chi connectivity index (χ3v) is 3.62. The van der Waals surface area contributed by atoms with Crippen molar-refractivity contribution in [3.05, 3.63) is 35.9 Å². The van der Waals surface area contributed by atoms with E-state index in [9.17, 15) is 14.4 Å². The summed E-state index contributed by atoms with van der Waals surface area (Å²) in [5.41, 5.74) is 6.94. The van der Waals surface area contributed by atoms with Crippen molar-refractivity contribution in [1.82, 2.24) is 10.2 Å². The van der Waals surface area contributed by atoms with Gasteiger partial charge >= 0.3 is 0 Å². The molecular weight excluding hydrogens is 270 g/mol. The lowest BCUT2D eigenvalue weighted by atomic mass is 10.0. The summed E-state index contributed by atoms with van der Waals surface area (Å²) in [6.07, 6.45) is 1.18. The first-order valence-electron chi connectivity index (χ1n) is 6.89. The summed E-state index contributed by atoms with van der Waals surface area (Å²) < 4.78 is 0. The third kappa shape index (κ3) is 3.66. The van der Waals surface area contributed by atoms with Crippen LogP contribution in [0, 0.1) is 0 Å². The number of nitrogens with two attached hydrogens (primary N) is 1. The average Bonchev–Trinajstić information content (AvgIpc) is 2.73. The molecule has 1 fully saturated rings. The first kappa shape index (κ1) is 15.2. The van der Waals surface area contributed by atoms with Crippen molar-refractivity contribution >= 4 is 17.7 Å². The van der Waals surface area contributed by atoms with Crippen molar-refractivity contribution in [3.63, 3.8) is 0 Å². The average molecular weight is 289 g/mol. The van der Waals surface area contributed by atoms with Gasteiger partial charge in [0.2, 0.25) is 11.8 Å². The van der Waals surface area contributed by atoms with Gasteiger partial charge in [-0.15, -0.1) is 0 Å². The Morgan fingerprint density at radius 3 is 2.62 bits per heavy atom. The lowest BCUT2D eigenvalue weighted by molar-refractivity contribution is -0.138. The quantitative estimate of drug-likeness (QED) is 0.735. The number of likely N-dealkylation sites (tertiary alicyclic amines) is 1. The largest absolute Gasteiger partial charge is 0.342 e. The van der Waals surface area contributed by atoms with Crippen LogP contribution in [-0.2, 0) is 20.8 Å². The molecule has 1 heterocycles. The first-order chi connectivity index (χ1) is 9.99. The zero-order valence-electron chi connectivity index (χ0n) is 11.9. The van der Waals surface area contributed by atoms with Crippen molar-refractivity contribution < 1.29 is 14.4 Å². The summed E-state index contributed by atoms with van der Waals surface area (Å²) in [5, 5.41) is 2.55. The molecule has 1 aliphatic rings. The summed E-state index contributed by atoms with van der Waals surface area (Å²) in [4.78, 5) is 36.1. The predicted molar refractivity (Wildman–Crippen MR) is 77.1 cm³/mol. The van der Waals surface area contributed by atoms with E-state index in [4.69, 9.17) is 5.73 Å². The second kappa shape index (κ2) is 6.49. The van der Waals surface area contributed by atoms with Crippen LogP contribution in [0.2, 0.25) is 0 Å². The van der Waals surface area contributed by atoms with E-state index in [0.717, 1.165) is 10.5 Å². The number of benzene rings is 1. The van der Waals surface area contributed by atoms with Crippen LogP contribution in [0.1, 0.15) is 18.4 Å². The number of amides is 3. The molecule has 0 radical (unpaired) electrons. The van der Waals surface area contributed by atoms with E-state index in [1.54, 1.807) is 0 Å². The zero-order valence-corrected chi connectivity index (χ0v) is 11.9. The van der Waals surface area contributed by atoms with Gasteiger partial charge in [0.05, 0.1) is 12.5 Å². The number of likely N-dealkylation sites (N-methyl/N-ethyl adjacent to an activating group) is 1. The highest BCUT2D eigenvalue weighted by molar-refractivity contribution is 6.06. The van der Waals surface area contributed by atoms with E-state index in [1.165, 1.54) is 7.05 Å². The third-order valence-electron chi connectivity index (χ3n) is 3.62. The van der Waals surface area contributed by atoms with E-state index in [0.29, 0.717) is 12.8 Å². The van der Waals surface area contributed by atoms with Gasteiger partial charge in [-0.2, -0.15) is 0 Å². The van der Waals surface area contributed by atoms with E-state index >= 15 is 0 Å². The highest BCUT2D eigenvalue weighted by Crippen LogP contribution is 2.11. The maximum absolute atomic E-state index is 12.0. The number of aryl methyl sites for hydroxylation is 1. The molecule has 2 atom stereocenters. The summed E-state index contributed by atoms with van der Waals surface area (Å²) >= 11 is 0. The molecule has 2 rings (SSSR count). The van der Waals surface area contributed by atoms with Gasteiger partial charge in [0.15, 0.2) is 0 Å². The Balaban J connectivity index is 1.83. The minimum atomic E-state index is -0.780. The fourth-order valence-electron chi connectivity index (χ4n) is 2.24. The van der Waals surface area contributed by atoms with Crippen molar-refractivity contribution in [2.45, 2.75) is 31.3 Å². The molecule has 1 aromatic carbocycles. The highest BCUT2D eigenvalue weighted by Gasteiger charge is 2.37. The number of hydrogen-bond acceptors (Lipinski definition) is 4. The number of carbonyl (C=O) groups is 3. The number of nitrogens with zero attached hydrogens (tertiary/aromatic N) is 1. The molecule has 0 aromatic heterocycles. The van der Waals surface area contributed by atoms with Crippen molar-refractivity contribution in [3.8, 4) is 0 Å². The van der Waals surface area contributed by atoms with E-state index in [-0.39, 0.29) is 18.2 Å². The Kier molecular flexibility index (Phi) is 4.70. The normalized spacial score (nSPS) is 19.7. The molecule has 0 aliphatic carbocycles. The van der Waals surface area contributed by atoms with Crippen molar-refractivity contribution in [1.29, 1.82) is 0 Å². The molecule has 6 nitrogen and oxygen atoms in total. The Labute approximate surface area is 123 Å². The Morgan fingerprint density at radius 2 is 2.05 bits per heavy atom. The SMILES string of the molecule is CN1C(=O)CC(NC(=O)C(N)CCc2ccccc2)C1=O. The summed E-state index contributed by atoms with van der Waals surface area (Å²) in [5.74, 6) is -1.07. The van der Waals surface area contributed by atoms with E-state index < -0.39 is 18.0 Å².